The molecule has 0 unspecified atom stereocenters. The predicted molar refractivity (Wildman–Crippen MR) is 142 cm³/mol. The van der Waals surface area contributed by atoms with Crippen molar-refractivity contribution in [1.82, 2.24) is 0 Å². The molecule has 0 amide bonds. The maximum Gasteiger partial charge on any atom is 0.294 e. The Hall–Kier alpha value is -1.59. The van der Waals surface area contributed by atoms with Crippen LogP contribution in [0.4, 0.5) is 5.69 Å². The Morgan fingerprint density at radius 1 is 0.636 bits per heavy atom. The number of benzene rings is 2. The van der Waals surface area contributed by atoms with Crippen molar-refractivity contribution >= 4 is 26.6 Å². The van der Waals surface area contributed by atoms with Crippen molar-refractivity contribution < 1.29 is 13.0 Å². The van der Waals surface area contributed by atoms with Crippen LogP contribution in [0, 0.1) is 0 Å². The third-order valence-corrected chi connectivity index (χ3v) is 7.32. The van der Waals surface area contributed by atoms with Crippen molar-refractivity contribution in [3.63, 3.8) is 0 Å². The minimum absolute atomic E-state index is 0.0659. The van der Waals surface area contributed by atoms with Gasteiger partial charge in [-0.1, -0.05) is 115 Å². The Morgan fingerprint density at radius 2 is 1.09 bits per heavy atom. The van der Waals surface area contributed by atoms with E-state index in [4.69, 9.17) is 0 Å². The van der Waals surface area contributed by atoms with Gasteiger partial charge in [-0.15, -0.1) is 0 Å². The van der Waals surface area contributed by atoms with E-state index in [9.17, 15) is 13.0 Å². The van der Waals surface area contributed by atoms with Crippen molar-refractivity contribution in [3.05, 3.63) is 36.4 Å². The molecule has 33 heavy (non-hydrogen) atoms. The topological polar surface area (TPSA) is 66.4 Å². The van der Waals surface area contributed by atoms with Crippen LogP contribution in [0.25, 0.3) is 10.8 Å². The lowest BCUT2D eigenvalue weighted by atomic mass is 10.0. The molecule has 2 rings (SSSR count). The van der Waals surface area contributed by atoms with Crippen molar-refractivity contribution in [2.45, 2.75) is 115 Å². The largest absolute Gasteiger partial charge is 0.385 e. The molecule has 0 saturated heterocycles. The van der Waals surface area contributed by atoms with Crippen LogP contribution < -0.4 is 5.32 Å². The first kappa shape index (κ1) is 27.7. The standard InChI is InChI=1S/C28H45NO3S/c1-2-3-4-5-6-7-8-9-10-11-12-13-14-15-16-17-22-29-27-20-18-26-24-28(33(30,31)32)21-19-25(26)23-27/h18-21,23-24,29H,2-17,22H2,1H3,(H,30,31,32). The average Bonchev–Trinajstić information content (AvgIpc) is 2.80. The highest BCUT2D eigenvalue weighted by atomic mass is 32.2. The first-order chi connectivity index (χ1) is 16.0. The third kappa shape index (κ3) is 11.9. The summed E-state index contributed by atoms with van der Waals surface area (Å²) in [5, 5.41) is 5.23. The van der Waals surface area contributed by atoms with Gasteiger partial charge in [0.1, 0.15) is 0 Å². The summed E-state index contributed by atoms with van der Waals surface area (Å²) in [7, 11) is -4.16. The molecular formula is C28H45NO3S. The molecule has 0 fully saturated rings. The Bertz CT molecular complexity index is 895. The first-order valence-electron chi connectivity index (χ1n) is 13.3. The summed E-state index contributed by atoms with van der Waals surface area (Å²) in [6.45, 7) is 3.23. The number of fused-ring (bicyclic) bond motifs is 1. The second-order valence-corrected chi connectivity index (χ2v) is 10.9. The smallest absolute Gasteiger partial charge is 0.294 e. The molecule has 2 aromatic rings. The van der Waals surface area contributed by atoms with Crippen molar-refractivity contribution in [1.29, 1.82) is 0 Å². The lowest BCUT2D eigenvalue weighted by molar-refractivity contribution is 0.483. The zero-order valence-electron chi connectivity index (χ0n) is 20.7. The fourth-order valence-corrected chi connectivity index (χ4v) is 4.92. The van der Waals surface area contributed by atoms with Crippen LogP contribution in [-0.2, 0) is 10.1 Å². The summed E-state index contributed by atoms with van der Waals surface area (Å²) >= 11 is 0. The maximum atomic E-state index is 11.3. The van der Waals surface area contributed by atoms with E-state index >= 15 is 0 Å². The Balaban J connectivity index is 1.44. The Kier molecular flexibility index (Phi) is 13.5. The van der Waals surface area contributed by atoms with Gasteiger partial charge in [0.2, 0.25) is 0 Å². The number of nitrogens with one attached hydrogen (secondary N) is 1. The summed E-state index contributed by atoms with van der Waals surface area (Å²) < 4.78 is 31.7. The van der Waals surface area contributed by atoms with Crippen molar-refractivity contribution in [2.24, 2.45) is 0 Å². The number of hydrogen-bond acceptors (Lipinski definition) is 3. The van der Waals surface area contributed by atoms with Gasteiger partial charge in [0, 0.05) is 12.2 Å². The normalized spacial score (nSPS) is 11.8. The monoisotopic (exact) mass is 475 g/mol. The molecule has 0 saturated carbocycles. The molecule has 186 valence electrons. The molecule has 0 spiro atoms. The van der Waals surface area contributed by atoms with Crippen LogP contribution in [0.1, 0.15) is 110 Å². The summed E-state index contributed by atoms with van der Waals surface area (Å²) in [5.41, 5.74) is 1.04. The molecule has 0 aliphatic rings. The number of unbranched alkanes of at least 4 members (excludes halogenated alkanes) is 15. The lowest BCUT2D eigenvalue weighted by Crippen LogP contribution is -2.01. The minimum atomic E-state index is -4.16. The van der Waals surface area contributed by atoms with Crippen LogP contribution in [0.15, 0.2) is 41.3 Å². The summed E-state index contributed by atoms with van der Waals surface area (Å²) in [5.74, 6) is 0. The summed E-state index contributed by atoms with van der Waals surface area (Å²) in [6.07, 6.45) is 22.0. The van der Waals surface area contributed by atoms with E-state index in [-0.39, 0.29) is 4.90 Å². The molecule has 5 heteroatoms. The zero-order valence-corrected chi connectivity index (χ0v) is 21.5. The van der Waals surface area contributed by atoms with Gasteiger partial charge in [-0.05, 0) is 41.5 Å². The highest BCUT2D eigenvalue weighted by Crippen LogP contribution is 2.23. The van der Waals surface area contributed by atoms with Crippen LogP contribution in [0.5, 0.6) is 0 Å². The summed E-state index contributed by atoms with van der Waals surface area (Å²) in [6, 6.07) is 10.6. The van der Waals surface area contributed by atoms with Gasteiger partial charge < -0.3 is 5.32 Å². The minimum Gasteiger partial charge on any atom is -0.385 e. The van der Waals surface area contributed by atoms with Crippen LogP contribution in [0.3, 0.4) is 0 Å². The molecule has 0 heterocycles. The molecule has 0 aromatic heterocycles. The fourth-order valence-electron chi connectivity index (χ4n) is 4.40. The molecular weight excluding hydrogens is 430 g/mol. The fraction of sp³-hybridized carbons (Fsp3) is 0.643. The van der Waals surface area contributed by atoms with E-state index in [1.165, 1.54) is 108 Å². The quantitative estimate of drug-likeness (QED) is 0.157. The van der Waals surface area contributed by atoms with Crippen LogP contribution >= 0.6 is 0 Å². The van der Waals surface area contributed by atoms with Gasteiger partial charge in [0.15, 0.2) is 0 Å². The zero-order chi connectivity index (χ0) is 23.8. The van der Waals surface area contributed by atoms with Gasteiger partial charge >= 0.3 is 0 Å². The highest BCUT2D eigenvalue weighted by molar-refractivity contribution is 7.85. The first-order valence-corrected chi connectivity index (χ1v) is 14.7. The van der Waals surface area contributed by atoms with Gasteiger partial charge in [0.25, 0.3) is 10.1 Å². The van der Waals surface area contributed by atoms with E-state index < -0.39 is 10.1 Å². The average molecular weight is 476 g/mol. The van der Waals surface area contributed by atoms with Crippen LogP contribution in [0.2, 0.25) is 0 Å². The van der Waals surface area contributed by atoms with E-state index in [0.29, 0.717) is 0 Å². The predicted octanol–water partition coefficient (Wildman–Crippen LogP) is 8.76. The molecule has 2 aromatic carbocycles. The molecule has 0 atom stereocenters. The molecule has 2 N–H and O–H groups in total. The number of hydrogen-bond donors (Lipinski definition) is 2. The highest BCUT2D eigenvalue weighted by Gasteiger charge is 2.09. The molecule has 0 aliphatic carbocycles. The Labute approximate surface area is 202 Å². The van der Waals surface area contributed by atoms with Gasteiger partial charge in [0.05, 0.1) is 4.90 Å². The third-order valence-electron chi connectivity index (χ3n) is 6.47. The van der Waals surface area contributed by atoms with E-state index in [1.807, 2.05) is 18.2 Å². The van der Waals surface area contributed by atoms with Crippen molar-refractivity contribution in [3.8, 4) is 0 Å². The van der Waals surface area contributed by atoms with Gasteiger partial charge in [-0.2, -0.15) is 8.42 Å². The Morgan fingerprint density at radius 3 is 1.61 bits per heavy atom. The van der Waals surface area contributed by atoms with Crippen molar-refractivity contribution in [2.75, 3.05) is 11.9 Å². The lowest BCUT2D eigenvalue weighted by Gasteiger charge is -2.08. The van der Waals surface area contributed by atoms with Gasteiger partial charge in [-0.3, -0.25) is 4.55 Å². The molecule has 4 nitrogen and oxygen atoms in total. The van der Waals surface area contributed by atoms with E-state index in [1.54, 1.807) is 6.07 Å². The molecule has 0 bridgehead atoms. The number of anilines is 1. The summed E-state index contributed by atoms with van der Waals surface area (Å²) in [4.78, 5) is -0.0659. The van der Waals surface area contributed by atoms with E-state index in [2.05, 4.69) is 12.2 Å². The van der Waals surface area contributed by atoms with Crippen LogP contribution in [-0.4, -0.2) is 19.5 Å². The SMILES string of the molecule is CCCCCCCCCCCCCCCCCCNc1ccc2cc(S(=O)(=O)O)ccc2c1. The second kappa shape index (κ2) is 16.1. The second-order valence-electron chi connectivity index (χ2n) is 9.43. The number of rotatable bonds is 19. The molecule has 0 aliphatic heterocycles. The van der Waals surface area contributed by atoms with E-state index in [0.717, 1.165) is 29.4 Å². The maximum absolute atomic E-state index is 11.3. The van der Waals surface area contributed by atoms with Gasteiger partial charge in [-0.25, -0.2) is 0 Å². The molecule has 0 radical (unpaired) electrons.